The molecule has 1 unspecified atom stereocenters. The van der Waals surface area contributed by atoms with E-state index in [-0.39, 0.29) is 18.3 Å². The van der Waals surface area contributed by atoms with Gasteiger partial charge in [-0.3, -0.25) is 10.1 Å². The zero-order chi connectivity index (χ0) is 22.7. The van der Waals surface area contributed by atoms with Crippen molar-refractivity contribution in [3.8, 4) is 0 Å². The van der Waals surface area contributed by atoms with Crippen LogP contribution in [0.2, 0.25) is 0 Å². The normalized spacial score (nSPS) is 15.7. The fraction of sp³-hybridized carbons (Fsp3) is 0.348. The maximum atomic E-state index is 13.2. The lowest BCUT2D eigenvalue weighted by molar-refractivity contribution is -0.137. The molecule has 1 atom stereocenters. The molecule has 1 fully saturated rings. The van der Waals surface area contributed by atoms with E-state index < -0.39 is 17.6 Å². The molecule has 0 saturated carbocycles. The van der Waals surface area contributed by atoms with Crippen LogP contribution in [0, 0.1) is 0 Å². The van der Waals surface area contributed by atoms with Crippen molar-refractivity contribution in [2.45, 2.75) is 19.1 Å². The highest BCUT2D eigenvalue weighted by Crippen LogP contribution is 2.35. The van der Waals surface area contributed by atoms with Gasteiger partial charge in [0.05, 0.1) is 42.7 Å². The molecule has 0 aliphatic carbocycles. The second kappa shape index (κ2) is 9.22. The summed E-state index contributed by atoms with van der Waals surface area (Å²) in [5.74, 6) is 0.230. The van der Waals surface area contributed by atoms with Gasteiger partial charge in [-0.15, -0.1) is 0 Å². The van der Waals surface area contributed by atoms with Crippen molar-refractivity contribution in [3.05, 3.63) is 59.9 Å². The number of halogens is 3. The summed E-state index contributed by atoms with van der Waals surface area (Å²) in [6.07, 6.45) is -4.50. The Morgan fingerprint density at radius 2 is 1.88 bits per heavy atom. The molecule has 0 radical (unpaired) electrons. The van der Waals surface area contributed by atoms with Crippen LogP contribution < -0.4 is 15.5 Å². The van der Waals surface area contributed by atoms with Crippen LogP contribution in [0.5, 0.6) is 0 Å². The maximum absolute atomic E-state index is 13.2. The summed E-state index contributed by atoms with van der Waals surface area (Å²) in [5, 5.41) is 6.66. The number of alkyl halides is 3. The average molecular weight is 447 g/mol. The Hall–Kier alpha value is -3.04. The first-order chi connectivity index (χ1) is 15.3. The number of fused-ring (bicyclic) bond motifs is 1. The Kier molecular flexibility index (Phi) is 6.38. The van der Waals surface area contributed by atoms with E-state index in [1.807, 2.05) is 42.2 Å². The molecule has 9 heteroatoms. The minimum atomic E-state index is -4.50. The number of rotatable bonds is 6. The third kappa shape index (κ3) is 5.05. The highest BCUT2D eigenvalue weighted by molar-refractivity contribution is 5.96. The highest BCUT2D eigenvalue weighted by atomic mass is 19.4. The summed E-state index contributed by atoms with van der Waals surface area (Å²) < 4.78 is 50.8. The number of morpholine rings is 1. The highest BCUT2D eigenvalue weighted by Gasteiger charge is 2.32. The Morgan fingerprint density at radius 3 is 2.59 bits per heavy atom. The number of nitrogens with one attached hydrogen (secondary N) is 2. The number of hydrogen-bond donors (Lipinski definition) is 2. The number of amides is 1. The van der Waals surface area contributed by atoms with Crippen LogP contribution in [-0.2, 0) is 15.7 Å². The lowest BCUT2D eigenvalue weighted by atomic mass is 10.1. The lowest BCUT2D eigenvalue weighted by Crippen LogP contribution is -2.37. The molecule has 0 bridgehead atoms. The number of anilines is 2. The molecule has 32 heavy (non-hydrogen) atoms. The molecule has 2 N–H and O–H groups in total. The Morgan fingerprint density at radius 1 is 1.12 bits per heavy atom. The van der Waals surface area contributed by atoms with E-state index in [9.17, 15) is 18.0 Å². The van der Waals surface area contributed by atoms with Gasteiger partial charge < -0.3 is 19.4 Å². The fourth-order valence-electron chi connectivity index (χ4n) is 3.65. The third-order valence-electron chi connectivity index (χ3n) is 5.39. The van der Waals surface area contributed by atoms with Crippen LogP contribution in [-0.4, -0.2) is 38.8 Å². The van der Waals surface area contributed by atoms with Crippen LogP contribution in [0.15, 0.2) is 52.9 Å². The number of hydrogen-bond acceptors (Lipinski definition) is 5. The number of benzene rings is 2. The van der Waals surface area contributed by atoms with Gasteiger partial charge >= 0.3 is 6.18 Å². The molecule has 3 aromatic rings. The van der Waals surface area contributed by atoms with Crippen molar-refractivity contribution in [2.24, 2.45) is 0 Å². The van der Waals surface area contributed by atoms with Crippen LogP contribution >= 0.6 is 0 Å². The van der Waals surface area contributed by atoms with E-state index in [0.717, 1.165) is 23.1 Å². The van der Waals surface area contributed by atoms with Gasteiger partial charge in [-0.05, 0) is 37.3 Å². The van der Waals surface area contributed by atoms with Crippen LogP contribution in [0.25, 0.3) is 11.0 Å². The number of carbonyl (C=O) groups is 1. The van der Waals surface area contributed by atoms with Gasteiger partial charge in [-0.2, -0.15) is 13.2 Å². The molecule has 4 rings (SSSR count). The maximum Gasteiger partial charge on any atom is 0.416 e. The number of nitrogens with zero attached hydrogens (tertiary/aromatic N) is 1. The molecule has 1 saturated heterocycles. The minimum Gasteiger partial charge on any atom is -0.459 e. The van der Waals surface area contributed by atoms with Crippen molar-refractivity contribution >= 4 is 28.3 Å². The van der Waals surface area contributed by atoms with Crippen molar-refractivity contribution in [3.63, 3.8) is 0 Å². The predicted octanol–water partition coefficient (Wildman–Crippen LogP) is 4.58. The molecule has 0 spiro atoms. The third-order valence-corrected chi connectivity index (χ3v) is 5.39. The van der Waals surface area contributed by atoms with E-state index in [0.29, 0.717) is 37.8 Å². The van der Waals surface area contributed by atoms with E-state index in [1.165, 1.54) is 6.07 Å². The first-order valence-corrected chi connectivity index (χ1v) is 10.4. The summed E-state index contributed by atoms with van der Waals surface area (Å²) in [6.45, 7) is 3.80. The molecule has 1 aliphatic rings. The van der Waals surface area contributed by atoms with E-state index in [1.54, 1.807) is 0 Å². The van der Waals surface area contributed by atoms with Crippen molar-refractivity contribution in [1.29, 1.82) is 0 Å². The summed E-state index contributed by atoms with van der Waals surface area (Å²) >= 11 is 0. The molecule has 2 aromatic carbocycles. The van der Waals surface area contributed by atoms with Gasteiger partial charge in [0.1, 0.15) is 11.3 Å². The number of ether oxygens (including phenoxy) is 1. The van der Waals surface area contributed by atoms with Gasteiger partial charge in [0.2, 0.25) is 5.91 Å². The second-order valence-electron chi connectivity index (χ2n) is 7.67. The van der Waals surface area contributed by atoms with Gasteiger partial charge in [-0.1, -0.05) is 18.2 Å². The number of furan rings is 1. The predicted molar refractivity (Wildman–Crippen MR) is 116 cm³/mol. The SMILES string of the molecule is CC(NCC(=O)Nc1cc(C(F)(F)F)ccc1N1CCOCC1)c1cc2ccccc2o1. The molecular formula is C23H24F3N3O3. The molecule has 2 heterocycles. The zero-order valence-corrected chi connectivity index (χ0v) is 17.5. The molecule has 1 amide bonds. The molecular weight excluding hydrogens is 423 g/mol. The van der Waals surface area contributed by atoms with Crippen LogP contribution in [0.3, 0.4) is 0 Å². The van der Waals surface area contributed by atoms with Crippen LogP contribution in [0.1, 0.15) is 24.3 Å². The van der Waals surface area contributed by atoms with Gasteiger partial charge in [-0.25, -0.2) is 0 Å². The monoisotopic (exact) mass is 447 g/mol. The van der Waals surface area contributed by atoms with Gasteiger partial charge in [0, 0.05) is 18.5 Å². The van der Waals surface area contributed by atoms with E-state index in [4.69, 9.17) is 9.15 Å². The number of para-hydroxylation sites is 1. The zero-order valence-electron chi connectivity index (χ0n) is 17.5. The summed E-state index contributed by atoms with van der Waals surface area (Å²) in [5.41, 5.74) is 0.609. The van der Waals surface area contributed by atoms with E-state index >= 15 is 0 Å². The Labute approximate surface area is 183 Å². The fourth-order valence-corrected chi connectivity index (χ4v) is 3.65. The first kappa shape index (κ1) is 22.2. The Balaban J connectivity index is 1.46. The Bertz CT molecular complexity index is 1060. The van der Waals surface area contributed by atoms with Gasteiger partial charge in [0.25, 0.3) is 0 Å². The summed E-state index contributed by atoms with van der Waals surface area (Å²) in [6, 6.07) is 12.6. The van der Waals surface area contributed by atoms with Crippen LogP contribution in [0.4, 0.5) is 24.5 Å². The smallest absolute Gasteiger partial charge is 0.416 e. The topological polar surface area (TPSA) is 66.7 Å². The second-order valence-corrected chi connectivity index (χ2v) is 7.67. The largest absolute Gasteiger partial charge is 0.459 e. The molecule has 170 valence electrons. The summed E-state index contributed by atoms with van der Waals surface area (Å²) in [7, 11) is 0. The van der Waals surface area contributed by atoms with Crippen molar-refractivity contribution in [2.75, 3.05) is 43.1 Å². The van der Waals surface area contributed by atoms with Gasteiger partial charge in [0.15, 0.2) is 0 Å². The molecule has 1 aromatic heterocycles. The van der Waals surface area contributed by atoms with Crippen molar-refractivity contribution < 1.29 is 27.1 Å². The van der Waals surface area contributed by atoms with Crippen molar-refractivity contribution in [1.82, 2.24) is 5.32 Å². The minimum absolute atomic E-state index is 0.0863. The standard InChI is InChI=1S/C23H24F3N3O3/c1-15(21-12-16-4-2-3-5-20(16)32-21)27-14-22(30)28-18-13-17(23(24,25)26)6-7-19(18)29-8-10-31-11-9-29/h2-7,12-13,15,27H,8-11,14H2,1H3,(H,28,30). The quantitative estimate of drug-likeness (QED) is 0.579. The average Bonchev–Trinajstić information content (AvgIpc) is 3.22. The number of carbonyl (C=O) groups excluding carboxylic acids is 1. The first-order valence-electron chi connectivity index (χ1n) is 10.4. The molecule has 1 aliphatic heterocycles. The molecule has 6 nitrogen and oxygen atoms in total. The van der Waals surface area contributed by atoms with E-state index in [2.05, 4.69) is 10.6 Å². The summed E-state index contributed by atoms with van der Waals surface area (Å²) in [4.78, 5) is 14.5. The lowest BCUT2D eigenvalue weighted by Gasteiger charge is -2.31.